The van der Waals surface area contributed by atoms with Crippen molar-refractivity contribution in [2.75, 3.05) is 32.6 Å². The first-order valence-corrected chi connectivity index (χ1v) is 10.3. The molecule has 0 aliphatic carbocycles. The molecule has 156 valence electrons. The van der Waals surface area contributed by atoms with Crippen molar-refractivity contribution in [1.29, 1.82) is 0 Å². The molecular weight excluding hydrogens is 511 g/mol. The number of halogens is 1. The minimum Gasteiger partial charge on any atom is -0.462 e. The van der Waals surface area contributed by atoms with Crippen molar-refractivity contribution in [3.8, 4) is 0 Å². The van der Waals surface area contributed by atoms with Crippen LogP contribution in [-0.2, 0) is 11.3 Å². The fraction of sp³-hybridized carbons (Fsp3) is 0.529. The van der Waals surface area contributed by atoms with Gasteiger partial charge in [-0.2, -0.15) is 0 Å². The van der Waals surface area contributed by atoms with Crippen molar-refractivity contribution < 1.29 is 9.53 Å². The molecule has 1 atom stereocenters. The van der Waals surface area contributed by atoms with Crippen LogP contribution in [0.15, 0.2) is 10.4 Å². The van der Waals surface area contributed by atoms with Crippen molar-refractivity contribution in [1.82, 2.24) is 20.6 Å². The molecule has 0 amide bonds. The molecule has 2 heterocycles. The smallest absolute Gasteiger partial charge is 0.350 e. The van der Waals surface area contributed by atoms with E-state index in [4.69, 9.17) is 4.74 Å². The molecule has 0 aliphatic heterocycles. The number of aromatic nitrogens is 2. The van der Waals surface area contributed by atoms with Crippen molar-refractivity contribution in [3.63, 3.8) is 0 Å². The number of carbonyl (C=O) groups excluding carboxylic acids is 1. The summed E-state index contributed by atoms with van der Waals surface area (Å²) in [7, 11) is 5.66. The summed E-state index contributed by atoms with van der Waals surface area (Å²) in [5, 5.41) is 10.3. The van der Waals surface area contributed by atoms with Gasteiger partial charge in [0, 0.05) is 26.5 Å². The van der Waals surface area contributed by atoms with Crippen LogP contribution in [0.3, 0.4) is 0 Å². The van der Waals surface area contributed by atoms with E-state index in [1.54, 1.807) is 25.3 Å². The maximum atomic E-state index is 12.0. The van der Waals surface area contributed by atoms with E-state index in [1.165, 1.54) is 11.3 Å². The Hall–Kier alpha value is -1.47. The third kappa shape index (κ3) is 6.55. The molecule has 0 radical (unpaired) electrons. The number of aryl methyl sites for hydroxylation is 1. The second-order valence-electron chi connectivity index (χ2n) is 5.99. The third-order valence-corrected chi connectivity index (χ3v) is 5.96. The number of hydrogen-bond acceptors (Lipinski definition) is 8. The molecule has 0 aliphatic rings. The van der Waals surface area contributed by atoms with Gasteiger partial charge in [-0.05, 0) is 20.8 Å². The number of nitrogens with zero attached hydrogens (tertiary/aromatic N) is 4. The van der Waals surface area contributed by atoms with Gasteiger partial charge in [0.25, 0.3) is 0 Å². The van der Waals surface area contributed by atoms with Gasteiger partial charge in [-0.25, -0.2) is 14.8 Å². The first kappa shape index (κ1) is 24.6. The normalized spacial score (nSPS) is 12.1. The van der Waals surface area contributed by atoms with Gasteiger partial charge in [0.2, 0.25) is 0 Å². The van der Waals surface area contributed by atoms with Crippen LogP contribution in [0.5, 0.6) is 0 Å². The summed E-state index contributed by atoms with van der Waals surface area (Å²) in [6, 6.07) is -0.101. The summed E-state index contributed by atoms with van der Waals surface area (Å²) in [4.78, 5) is 27.8. The van der Waals surface area contributed by atoms with Crippen LogP contribution >= 0.6 is 46.7 Å². The minimum absolute atomic E-state index is 0. The molecule has 0 saturated heterocycles. The van der Waals surface area contributed by atoms with Gasteiger partial charge in [0.05, 0.1) is 30.6 Å². The lowest BCUT2D eigenvalue weighted by Gasteiger charge is -2.15. The van der Waals surface area contributed by atoms with E-state index < -0.39 is 0 Å². The van der Waals surface area contributed by atoms with E-state index in [-0.39, 0.29) is 36.0 Å². The molecular formula is C17H27IN6O2S2. The van der Waals surface area contributed by atoms with Gasteiger partial charge in [0.1, 0.15) is 9.88 Å². The zero-order valence-electron chi connectivity index (χ0n) is 16.9. The molecule has 0 aromatic carbocycles. The van der Waals surface area contributed by atoms with E-state index in [9.17, 15) is 4.79 Å². The fourth-order valence-electron chi connectivity index (χ4n) is 2.21. The predicted molar refractivity (Wildman–Crippen MR) is 126 cm³/mol. The summed E-state index contributed by atoms with van der Waals surface area (Å²) >= 11 is 2.94. The van der Waals surface area contributed by atoms with Crippen LogP contribution in [0.25, 0.3) is 0 Å². The molecule has 2 N–H and O–H groups in total. The molecule has 2 aromatic rings. The van der Waals surface area contributed by atoms with Gasteiger partial charge in [-0.3, -0.25) is 4.99 Å². The largest absolute Gasteiger partial charge is 0.462 e. The van der Waals surface area contributed by atoms with E-state index in [0.29, 0.717) is 29.7 Å². The second-order valence-corrected chi connectivity index (χ2v) is 7.86. The molecule has 2 aromatic heterocycles. The Morgan fingerprint density at radius 1 is 1.39 bits per heavy atom. The topological polar surface area (TPSA) is 91.7 Å². The molecule has 0 bridgehead atoms. The van der Waals surface area contributed by atoms with E-state index in [2.05, 4.69) is 25.6 Å². The first-order valence-electron chi connectivity index (χ1n) is 8.59. The Labute approximate surface area is 190 Å². The minimum atomic E-state index is -0.325. The highest BCUT2D eigenvalue weighted by molar-refractivity contribution is 14.0. The Morgan fingerprint density at radius 3 is 2.68 bits per heavy atom. The number of hydrogen-bond donors (Lipinski definition) is 2. The van der Waals surface area contributed by atoms with Crippen LogP contribution in [0.4, 0.5) is 5.13 Å². The van der Waals surface area contributed by atoms with Gasteiger partial charge < -0.3 is 20.3 Å². The number of aliphatic imine (C=N–C) groups is 1. The number of nitrogens with one attached hydrogen (secondary N) is 2. The molecule has 1 unspecified atom stereocenters. The lowest BCUT2D eigenvalue weighted by atomic mass is 10.3. The standard InChI is InChI=1S/C17H26N6O2S2.HI/c1-7-25-15(24)13-10(2)20-14(27-13)11(3)21-16(18-4)19-8-12-9-26-17(22-12)23(5)6;/h9,11H,7-8H2,1-6H3,(H2,18,19,21);1H. The number of ether oxygens (including phenoxy) is 1. The average molecular weight is 538 g/mol. The average Bonchev–Trinajstić information content (AvgIpc) is 3.25. The van der Waals surface area contributed by atoms with E-state index >= 15 is 0 Å². The number of esters is 1. The molecule has 11 heteroatoms. The van der Waals surface area contributed by atoms with Crippen molar-refractivity contribution in [2.45, 2.75) is 33.4 Å². The highest BCUT2D eigenvalue weighted by Crippen LogP contribution is 2.24. The monoisotopic (exact) mass is 538 g/mol. The summed E-state index contributed by atoms with van der Waals surface area (Å²) < 4.78 is 5.08. The maximum absolute atomic E-state index is 12.0. The van der Waals surface area contributed by atoms with Gasteiger partial charge in [-0.1, -0.05) is 0 Å². The van der Waals surface area contributed by atoms with E-state index in [0.717, 1.165) is 15.8 Å². The lowest BCUT2D eigenvalue weighted by Crippen LogP contribution is -2.38. The van der Waals surface area contributed by atoms with Gasteiger partial charge in [0.15, 0.2) is 11.1 Å². The number of thiazole rings is 2. The Morgan fingerprint density at radius 2 is 2.11 bits per heavy atom. The SMILES string of the molecule is CCOC(=O)c1sc(C(C)NC(=NC)NCc2csc(N(C)C)n2)nc1C.I. The summed E-state index contributed by atoms with van der Waals surface area (Å²) in [5.74, 6) is 0.320. The number of anilines is 1. The summed E-state index contributed by atoms with van der Waals surface area (Å²) in [6.45, 7) is 6.51. The zero-order valence-corrected chi connectivity index (χ0v) is 20.9. The molecule has 8 nitrogen and oxygen atoms in total. The van der Waals surface area contributed by atoms with Crippen molar-refractivity contribution in [3.05, 3.63) is 26.7 Å². The quantitative estimate of drug-likeness (QED) is 0.242. The molecule has 0 saturated carbocycles. The van der Waals surface area contributed by atoms with Crippen molar-refractivity contribution >= 4 is 63.7 Å². The molecule has 0 fully saturated rings. The molecule has 2 rings (SSSR count). The first-order chi connectivity index (χ1) is 12.8. The van der Waals surface area contributed by atoms with Crippen LogP contribution in [-0.4, -0.2) is 49.6 Å². The Kier molecular flexibility index (Phi) is 10.1. The third-order valence-electron chi connectivity index (χ3n) is 3.58. The van der Waals surface area contributed by atoms with E-state index in [1.807, 2.05) is 38.2 Å². The summed E-state index contributed by atoms with van der Waals surface area (Å²) in [6.07, 6.45) is 0. The van der Waals surface area contributed by atoms with Crippen LogP contribution in [0.1, 0.15) is 46.0 Å². The Balaban J connectivity index is 0.00000392. The summed E-state index contributed by atoms with van der Waals surface area (Å²) in [5.41, 5.74) is 1.64. The zero-order chi connectivity index (χ0) is 20.0. The van der Waals surface area contributed by atoms with Gasteiger partial charge in [-0.15, -0.1) is 46.7 Å². The number of carbonyl (C=O) groups is 1. The maximum Gasteiger partial charge on any atom is 0.350 e. The second kappa shape index (κ2) is 11.5. The van der Waals surface area contributed by atoms with Gasteiger partial charge >= 0.3 is 5.97 Å². The lowest BCUT2D eigenvalue weighted by molar-refractivity contribution is 0.0531. The highest BCUT2D eigenvalue weighted by Gasteiger charge is 2.20. The molecule has 0 spiro atoms. The Bertz CT molecular complexity index is 805. The van der Waals surface area contributed by atoms with Crippen molar-refractivity contribution in [2.24, 2.45) is 4.99 Å². The van der Waals surface area contributed by atoms with Crippen LogP contribution in [0, 0.1) is 6.92 Å². The van der Waals surface area contributed by atoms with Crippen LogP contribution < -0.4 is 15.5 Å². The van der Waals surface area contributed by atoms with Crippen LogP contribution in [0.2, 0.25) is 0 Å². The number of rotatable bonds is 7. The fourth-order valence-corrected chi connectivity index (χ4v) is 3.93. The molecule has 28 heavy (non-hydrogen) atoms. The highest BCUT2D eigenvalue weighted by atomic mass is 127. The predicted octanol–water partition coefficient (Wildman–Crippen LogP) is 3.19. The number of guanidine groups is 1.